The van der Waals surface area contributed by atoms with E-state index in [9.17, 15) is 9.59 Å². The summed E-state index contributed by atoms with van der Waals surface area (Å²) in [4.78, 5) is 22.3. The third-order valence-corrected chi connectivity index (χ3v) is 3.92. The zero-order valence-corrected chi connectivity index (χ0v) is 11.4. The highest BCUT2D eigenvalue weighted by atomic mass is 16.4. The fourth-order valence-electron chi connectivity index (χ4n) is 2.53. The minimum absolute atomic E-state index is 0.178. The van der Waals surface area contributed by atoms with Crippen LogP contribution in [-0.4, -0.2) is 23.0 Å². The van der Waals surface area contributed by atoms with Gasteiger partial charge in [-0.15, -0.1) is 0 Å². The van der Waals surface area contributed by atoms with Gasteiger partial charge in [0.25, 0.3) is 0 Å². The Labute approximate surface area is 109 Å². The molecule has 1 amide bonds. The van der Waals surface area contributed by atoms with E-state index in [-0.39, 0.29) is 11.9 Å². The Balaban J connectivity index is 2.27. The second-order valence-corrected chi connectivity index (χ2v) is 5.43. The number of carbonyl (C=O) groups is 2. The van der Waals surface area contributed by atoms with Crippen molar-refractivity contribution < 1.29 is 14.7 Å². The maximum Gasteiger partial charge on any atom is 0.315 e. The standard InChI is InChI=1S/C14H25NO3/c1-3-4-5-11-6-8-12(9-7-11)15-13(16)10(2)14(17)18/h10-12H,3-9H2,1-2H3,(H,15,16)(H,17,18). The molecule has 0 spiro atoms. The molecule has 1 fully saturated rings. The first-order valence-corrected chi connectivity index (χ1v) is 7.07. The van der Waals surface area contributed by atoms with Crippen molar-refractivity contribution in [3.8, 4) is 0 Å². The van der Waals surface area contributed by atoms with Crippen LogP contribution in [-0.2, 0) is 9.59 Å². The lowest BCUT2D eigenvalue weighted by atomic mass is 9.83. The zero-order chi connectivity index (χ0) is 13.5. The van der Waals surface area contributed by atoms with Crippen LogP contribution in [0.25, 0.3) is 0 Å². The molecular weight excluding hydrogens is 230 g/mol. The summed E-state index contributed by atoms with van der Waals surface area (Å²) in [7, 11) is 0. The van der Waals surface area contributed by atoms with Crippen molar-refractivity contribution in [1.29, 1.82) is 0 Å². The lowest BCUT2D eigenvalue weighted by Gasteiger charge is -2.29. The summed E-state index contributed by atoms with van der Waals surface area (Å²) in [6.07, 6.45) is 8.13. The van der Waals surface area contributed by atoms with E-state index in [2.05, 4.69) is 12.2 Å². The molecule has 4 nitrogen and oxygen atoms in total. The second-order valence-electron chi connectivity index (χ2n) is 5.43. The van der Waals surface area contributed by atoms with Crippen molar-refractivity contribution in [2.45, 2.75) is 64.8 Å². The van der Waals surface area contributed by atoms with Gasteiger partial charge in [-0.3, -0.25) is 9.59 Å². The number of carbonyl (C=O) groups excluding carboxylic acids is 1. The third kappa shape index (κ3) is 4.67. The first kappa shape index (κ1) is 15.0. The van der Waals surface area contributed by atoms with Gasteiger partial charge in [0.1, 0.15) is 5.92 Å². The Morgan fingerprint density at radius 2 is 1.89 bits per heavy atom. The molecule has 1 unspecified atom stereocenters. The molecule has 1 aliphatic carbocycles. The van der Waals surface area contributed by atoms with Crippen molar-refractivity contribution in [2.75, 3.05) is 0 Å². The van der Waals surface area contributed by atoms with E-state index in [0.29, 0.717) is 0 Å². The summed E-state index contributed by atoms with van der Waals surface area (Å²) in [5, 5.41) is 11.6. The fourth-order valence-corrected chi connectivity index (χ4v) is 2.53. The largest absolute Gasteiger partial charge is 0.481 e. The molecule has 0 aromatic rings. The highest BCUT2D eigenvalue weighted by molar-refractivity contribution is 5.96. The van der Waals surface area contributed by atoms with Gasteiger partial charge in [-0.25, -0.2) is 0 Å². The molecule has 0 heterocycles. The van der Waals surface area contributed by atoms with E-state index in [1.54, 1.807) is 0 Å². The molecule has 4 heteroatoms. The molecule has 0 bridgehead atoms. The summed E-state index contributed by atoms with van der Waals surface area (Å²) in [6, 6.07) is 0.178. The number of rotatable bonds is 6. The summed E-state index contributed by atoms with van der Waals surface area (Å²) >= 11 is 0. The predicted molar refractivity (Wildman–Crippen MR) is 70.2 cm³/mol. The van der Waals surface area contributed by atoms with Crippen molar-refractivity contribution in [3.05, 3.63) is 0 Å². The van der Waals surface area contributed by atoms with Crippen LogP contribution in [0.15, 0.2) is 0 Å². The van der Waals surface area contributed by atoms with Crippen molar-refractivity contribution in [3.63, 3.8) is 0 Å². The van der Waals surface area contributed by atoms with Crippen molar-refractivity contribution >= 4 is 11.9 Å². The topological polar surface area (TPSA) is 66.4 Å². The van der Waals surface area contributed by atoms with Gasteiger partial charge in [-0.05, 0) is 38.5 Å². The molecule has 1 atom stereocenters. The minimum Gasteiger partial charge on any atom is -0.481 e. The first-order chi connectivity index (χ1) is 8.54. The number of hydrogen-bond donors (Lipinski definition) is 2. The average molecular weight is 255 g/mol. The van der Waals surface area contributed by atoms with Gasteiger partial charge in [-0.1, -0.05) is 26.2 Å². The normalized spacial score (nSPS) is 25.4. The quantitative estimate of drug-likeness (QED) is 0.717. The monoisotopic (exact) mass is 255 g/mol. The Hall–Kier alpha value is -1.06. The zero-order valence-electron chi connectivity index (χ0n) is 11.4. The SMILES string of the molecule is CCCCC1CCC(NC(=O)C(C)C(=O)O)CC1. The molecule has 0 aromatic carbocycles. The van der Waals surface area contributed by atoms with Crippen LogP contribution in [0.2, 0.25) is 0 Å². The van der Waals surface area contributed by atoms with Crippen LogP contribution < -0.4 is 5.32 Å². The highest BCUT2D eigenvalue weighted by Crippen LogP contribution is 2.28. The molecule has 0 radical (unpaired) electrons. The van der Waals surface area contributed by atoms with Crippen LogP contribution >= 0.6 is 0 Å². The molecule has 1 rings (SSSR count). The van der Waals surface area contributed by atoms with Crippen LogP contribution in [0, 0.1) is 11.8 Å². The van der Waals surface area contributed by atoms with Gasteiger partial charge in [0.05, 0.1) is 0 Å². The summed E-state index contributed by atoms with van der Waals surface area (Å²) in [5.74, 6) is -1.54. The van der Waals surface area contributed by atoms with E-state index in [1.807, 2.05) is 0 Å². The molecule has 0 aliphatic heterocycles. The number of aliphatic carboxylic acids is 1. The van der Waals surface area contributed by atoms with Crippen molar-refractivity contribution in [2.24, 2.45) is 11.8 Å². The van der Waals surface area contributed by atoms with E-state index >= 15 is 0 Å². The number of nitrogens with one attached hydrogen (secondary N) is 1. The van der Waals surface area contributed by atoms with Crippen LogP contribution in [0.3, 0.4) is 0 Å². The Bertz CT molecular complexity index is 283. The van der Waals surface area contributed by atoms with Gasteiger partial charge in [0.2, 0.25) is 5.91 Å². The van der Waals surface area contributed by atoms with E-state index in [4.69, 9.17) is 5.11 Å². The van der Waals surface area contributed by atoms with E-state index in [1.165, 1.54) is 26.2 Å². The molecule has 2 N–H and O–H groups in total. The summed E-state index contributed by atoms with van der Waals surface area (Å²) in [5.41, 5.74) is 0. The number of carboxylic acids is 1. The predicted octanol–water partition coefficient (Wildman–Crippen LogP) is 2.57. The summed E-state index contributed by atoms with van der Waals surface area (Å²) < 4.78 is 0. The Kier molecular flexibility index (Phi) is 6.16. The Morgan fingerprint density at radius 1 is 1.28 bits per heavy atom. The molecule has 104 valence electrons. The van der Waals surface area contributed by atoms with Crippen molar-refractivity contribution in [1.82, 2.24) is 5.32 Å². The van der Waals surface area contributed by atoms with Gasteiger partial charge >= 0.3 is 5.97 Å². The average Bonchev–Trinajstić information content (AvgIpc) is 2.36. The molecular formula is C14H25NO3. The maximum absolute atomic E-state index is 11.6. The number of hydrogen-bond acceptors (Lipinski definition) is 2. The van der Waals surface area contributed by atoms with Crippen LogP contribution in [0.1, 0.15) is 58.8 Å². The number of carboxylic acid groups (broad SMARTS) is 1. The third-order valence-electron chi connectivity index (χ3n) is 3.92. The first-order valence-electron chi connectivity index (χ1n) is 7.07. The van der Waals surface area contributed by atoms with Gasteiger partial charge in [-0.2, -0.15) is 0 Å². The van der Waals surface area contributed by atoms with Gasteiger partial charge < -0.3 is 10.4 Å². The second kappa shape index (κ2) is 7.39. The molecule has 18 heavy (non-hydrogen) atoms. The fraction of sp³-hybridized carbons (Fsp3) is 0.857. The number of unbranched alkanes of at least 4 members (excludes halogenated alkanes) is 1. The van der Waals surface area contributed by atoms with E-state index < -0.39 is 11.9 Å². The summed E-state index contributed by atoms with van der Waals surface area (Å²) in [6.45, 7) is 3.64. The minimum atomic E-state index is -1.05. The van der Waals surface area contributed by atoms with Crippen LogP contribution in [0.4, 0.5) is 0 Å². The van der Waals surface area contributed by atoms with Gasteiger partial charge in [0, 0.05) is 6.04 Å². The van der Waals surface area contributed by atoms with Gasteiger partial charge in [0.15, 0.2) is 0 Å². The highest BCUT2D eigenvalue weighted by Gasteiger charge is 2.26. The lowest BCUT2D eigenvalue weighted by molar-refractivity contribution is -0.146. The lowest BCUT2D eigenvalue weighted by Crippen LogP contribution is -2.42. The smallest absolute Gasteiger partial charge is 0.315 e. The molecule has 1 aliphatic rings. The molecule has 0 saturated heterocycles. The van der Waals surface area contributed by atoms with Crippen LogP contribution in [0.5, 0.6) is 0 Å². The maximum atomic E-state index is 11.6. The molecule has 1 saturated carbocycles. The molecule has 0 aromatic heterocycles. The number of amides is 1. The van der Waals surface area contributed by atoms with E-state index in [0.717, 1.165) is 31.6 Å². The Morgan fingerprint density at radius 3 is 2.39 bits per heavy atom.